The predicted molar refractivity (Wildman–Crippen MR) is 63.4 cm³/mol. The highest BCUT2D eigenvalue weighted by molar-refractivity contribution is 9.10. The van der Waals surface area contributed by atoms with Crippen molar-refractivity contribution in [1.82, 2.24) is 9.97 Å². The average Bonchev–Trinajstić information content (AvgIpc) is 2.16. The summed E-state index contributed by atoms with van der Waals surface area (Å²) in [5, 5.41) is 1.60. The minimum Gasteiger partial charge on any atom is -0.383 e. The minimum atomic E-state index is 0.534. The van der Waals surface area contributed by atoms with E-state index >= 15 is 0 Å². The van der Waals surface area contributed by atoms with Crippen LogP contribution in [0, 0.1) is 0 Å². The van der Waals surface area contributed by atoms with E-state index < -0.39 is 0 Å². The fraction of sp³-hybridized carbons (Fsp3) is 0.111. The van der Waals surface area contributed by atoms with Crippen LogP contribution in [0.1, 0.15) is 0 Å². The highest BCUT2D eigenvalue weighted by atomic mass is 79.9. The summed E-state index contributed by atoms with van der Waals surface area (Å²) in [7, 11) is 0. The van der Waals surface area contributed by atoms with E-state index in [4.69, 9.17) is 5.73 Å². The number of rotatable bonds is 1. The quantitative estimate of drug-likeness (QED) is 0.639. The van der Waals surface area contributed by atoms with Crippen LogP contribution in [0.2, 0.25) is 0 Å². The van der Waals surface area contributed by atoms with Crippen LogP contribution in [-0.2, 0) is 0 Å². The maximum absolute atomic E-state index is 5.80. The first-order valence-electron chi connectivity index (χ1n) is 3.97. The van der Waals surface area contributed by atoms with Gasteiger partial charge in [0, 0.05) is 9.86 Å². The van der Waals surface area contributed by atoms with Gasteiger partial charge in [-0.15, -0.1) is 0 Å². The smallest absolute Gasteiger partial charge is 0.189 e. The zero-order valence-corrected chi connectivity index (χ0v) is 9.89. The van der Waals surface area contributed by atoms with Gasteiger partial charge in [-0.25, -0.2) is 9.97 Å². The first-order chi connectivity index (χ1) is 6.70. The summed E-state index contributed by atoms with van der Waals surface area (Å²) < 4.78 is 0.996. The number of hydrogen-bond acceptors (Lipinski definition) is 4. The van der Waals surface area contributed by atoms with Crippen LogP contribution in [0.25, 0.3) is 10.9 Å². The lowest BCUT2D eigenvalue weighted by molar-refractivity contribution is 1.01. The van der Waals surface area contributed by atoms with Crippen molar-refractivity contribution in [2.24, 2.45) is 0 Å². The van der Waals surface area contributed by atoms with Gasteiger partial charge in [0.05, 0.1) is 5.52 Å². The van der Waals surface area contributed by atoms with Crippen molar-refractivity contribution in [3.05, 3.63) is 22.7 Å². The lowest BCUT2D eigenvalue weighted by Crippen LogP contribution is -1.96. The summed E-state index contributed by atoms with van der Waals surface area (Å²) in [6.45, 7) is 0. The Bertz CT molecular complexity index is 487. The zero-order chi connectivity index (χ0) is 10.1. The van der Waals surface area contributed by atoms with Crippen molar-refractivity contribution < 1.29 is 0 Å². The normalized spacial score (nSPS) is 10.7. The summed E-state index contributed by atoms with van der Waals surface area (Å²) in [5.41, 5.74) is 6.67. The Kier molecular flexibility index (Phi) is 2.60. The van der Waals surface area contributed by atoms with E-state index in [2.05, 4.69) is 25.9 Å². The van der Waals surface area contributed by atoms with Crippen molar-refractivity contribution in [3.63, 3.8) is 0 Å². The fourth-order valence-corrected chi connectivity index (χ4v) is 1.92. The van der Waals surface area contributed by atoms with Crippen LogP contribution in [0.4, 0.5) is 5.82 Å². The Morgan fingerprint density at radius 2 is 2.14 bits per heavy atom. The third-order valence-electron chi connectivity index (χ3n) is 1.85. The van der Waals surface area contributed by atoms with Crippen molar-refractivity contribution in [1.29, 1.82) is 0 Å². The Morgan fingerprint density at radius 1 is 1.36 bits per heavy atom. The predicted octanol–water partition coefficient (Wildman–Crippen LogP) is 2.70. The van der Waals surface area contributed by atoms with E-state index in [1.54, 1.807) is 0 Å². The van der Waals surface area contributed by atoms with Crippen LogP contribution in [0.3, 0.4) is 0 Å². The van der Waals surface area contributed by atoms with Crippen LogP contribution in [-0.4, -0.2) is 16.2 Å². The van der Waals surface area contributed by atoms with Crippen LogP contribution in [0.15, 0.2) is 27.8 Å². The zero-order valence-electron chi connectivity index (χ0n) is 7.49. The van der Waals surface area contributed by atoms with E-state index in [9.17, 15) is 0 Å². The van der Waals surface area contributed by atoms with Crippen LogP contribution in [0.5, 0.6) is 0 Å². The Balaban J connectivity index is 2.77. The summed E-state index contributed by atoms with van der Waals surface area (Å²) in [5.74, 6) is 0.534. The molecule has 1 aromatic heterocycles. The second-order valence-corrected chi connectivity index (χ2v) is 4.45. The molecule has 5 heteroatoms. The molecule has 2 N–H and O–H groups in total. The maximum atomic E-state index is 5.80. The molecule has 0 aliphatic rings. The molecule has 14 heavy (non-hydrogen) atoms. The number of fused-ring (bicyclic) bond motifs is 1. The van der Waals surface area contributed by atoms with E-state index in [0.717, 1.165) is 15.4 Å². The van der Waals surface area contributed by atoms with Gasteiger partial charge in [-0.3, -0.25) is 0 Å². The highest BCUT2D eigenvalue weighted by Crippen LogP contribution is 2.24. The number of hydrogen-bond donors (Lipinski definition) is 1. The molecular weight excluding hydrogens is 262 g/mol. The number of thioether (sulfide) groups is 1. The largest absolute Gasteiger partial charge is 0.383 e. The van der Waals surface area contributed by atoms with E-state index in [0.29, 0.717) is 11.0 Å². The first-order valence-corrected chi connectivity index (χ1v) is 5.99. The molecule has 1 aromatic carbocycles. The molecule has 0 aliphatic heterocycles. The molecule has 0 aliphatic carbocycles. The number of anilines is 1. The molecule has 0 saturated carbocycles. The molecule has 72 valence electrons. The molecule has 0 spiro atoms. The first kappa shape index (κ1) is 9.73. The van der Waals surface area contributed by atoms with Gasteiger partial charge in [0.25, 0.3) is 0 Å². The van der Waals surface area contributed by atoms with E-state index in [1.165, 1.54) is 11.8 Å². The van der Waals surface area contributed by atoms with Crippen LogP contribution >= 0.6 is 27.7 Å². The lowest BCUT2D eigenvalue weighted by Gasteiger charge is -2.03. The number of nitrogen functional groups attached to an aromatic ring is 1. The second kappa shape index (κ2) is 3.74. The van der Waals surface area contributed by atoms with Crippen LogP contribution < -0.4 is 5.73 Å². The lowest BCUT2D eigenvalue weighted by atomic mass is 10.2. The second-order valence-electron chi connectivity index (χ2n) is 2.76. The van der Waals surface area contributed by atoms with E-state index in [1.807, 2.05) is 24.5 Å². The van der Waals surface area contributed by atoms with E-state index in [-0.39, 0.29) is 0 Å². The summed E-state index contributed by atoms with van der Waals surface area (Å²) in [6, 6.07) is 5.78. The number of nitrogens with zero attached hydrogens (tertiary/aromatic N) is 2. The molecule has 2 rings (SSSR count). The van der Waals surface area contributed by atoms with Gasteiger partial charge in [0.2, 0.25) is 0 Å². The molecule has 0 atom stereocenters. The Labute approximate surface area is 94.2 Å². The van der Waals surface area contributed by atoms with Gasteiger partial charge >= 0.3 is 0 Å². The molecule has 2 aromatic rings. The molecule has 0 unspecified atom stereocenters. The monoisotopic (exact) mass is 269 g/mol. The Morgan fingerprint density at radius 3 is 2.86 bits per heavy atom. The van der Waals surface area contributed by atoms with Crippen molar-refractivity contribution in [3.8, 4) is 0 Å². The maximum Gasteiger partial charge on any atom is 0.189 e. The summed E-state index contributed by atoms with van der Waals surface area (Å²) in [6.07, 6.45) is 1.93. The average molecular weight is 270 g/mol. The summed E-state index contributed by atoms with van der Waals surface area (Å²) >= 11 is 4.88. The van der Waals surface area contributed by atoms with Gasteiger partial charge in [-0.2, -0.15) is 0 Å². The van der Waals surface area contributed by atoms with Crippen molar-refractivity contribution in [2.45, 2.75) is 5.16 Å². The number of nitrogens with two attached hydrogens (primary N) is 1. The Hall–Kier alpha value is -0.810. The van der Waals surface area contributed by atoms with Crippen molar-refractivity contribution in [2.75, 3.05) is 12.0 Å². The molecule has 1 heterocycles. The number of benzene rings is 1. The summed E-state index contributed by atoms with van der Waals surface area (Å²) in [4.78, 5) is 8.52. The minimum absolute atomic E-state index is 0.534. The van der Waals surface area contributed by atoms with Gasteiger partial charge in [0.1, 0.15) is 5.82 Å². The molecule has 0 saturated heterocycles. The SMILES string of the molecule is CSc1nc(N)c2ccc(Br)cc2n1. The molecule has 0 bridgehead atoms. The topological polar surface area (TPSA) is 51.8 Å². The van der Waals surface area contributed by atoms with Gasteiger partial charge in [0.15, 0.2) is 5.16 Å². The molecule has 3 nitrogen and oxygen atoms in total. The molecule has 0 radical (unpaired) electrons. The van der Waals surface area contributed by atoms with Gasteiger partial charge in [-0.05, 0) is 24.5 Å². The van der Waals surface area contributed by atoms with Gasteiger partial charge < -0.3 is 5.73 Å². The van der Waals surface area contributed by atoms with Gasteiger partial charge in [-0.1, -0.05) is 27.7 Å². The third-order valence-corrected chi connectivity index (χ3v) is 2.89. The van der Waals surface area contributed by atoms with Crippen molar-refractivity contribution >= 4 is 44.4 Å². The fourth-order valence-electron chi connectivity index (χ4n) is 1.20. The third kappa shape index (κ3) is 1.69. The highest BCUT2D eigenvalue weighted by Gasteiger charge is 2.04. The molecular formula is C9H8BrN3S. The molecule has 0 amide bonds. The standard InChI is InChI=1S/C9H8BrN3S/c1-14-9-12-7-4-5(10)2-3-6(7)8(11)13-9/h2-4H,1H3,(H2,11,12,13). The number of aromatic nitrogens is 2. The molecule has 0 fully saturated rings. The number of halogens is 1.